The van der Waals surface area contributed by atoms with Crippen molar-refractivity contribution in [1.82, 2.24) is 9.97 Å². The smallest absolute Gasteiger partial charge is 0.188 e. The van der Waals surface area contributed by atoms with Gasteiger partial charge in [-0.1, -0.05) is 11.8 Å². The Kier molecular flexibility index (Phi) is 2.87. The largest absolute Gasteiger partial charge is 0.231 e. The number of rotatable bonds is 2. The van der Waals surface area contributed by atoms with E-state index in [4.69, 9.17) is 5.26 Å². The molecule has 0 N–H and O–H groups in total. The highest BCUT2D eigenvalue weighted by Crippen LogP contribution is 2.16. The van der Waals surface area contributed by atoms with Crippen molar-refractivity contribution < 1.29 is 0 Å². The zero-order valence-electron chi connectivity index (χ0n) is 6.06. The van der Waals surface area contributed by atoms with Gasteiger partial charge < -0.3 is 0 Å². The molecule has 56 valence electrons. The molecular formula is C7H7N3S. The number of aromatic nitrogens is 2. The fourth-order valence-electron chi connectivity index (χ4n) is 0.531. The molecule has 0 spiro atoms. The summed E-state index contributed by atoms with van der Waals surface area (Å²) < 4.78 is 0. The number of nitriles is 1. The minimum Gasteiger partial charge on any atom is -0.231 e. The summed E-state index contributed by atoms with van der Waals surface area (Å²) in [5, 5.41) is 9.04. The van der Waals surface area contributed by atoms with Gasteiger partial charge in [-0.15, -0.1) is 0 Å². The van der Waals surface area contributed by atoms with Crippen LogP contribution < -0.4 is 0 Å². The molecule has 3 nitrogen and oxygen atoms in total. The number of thioether (sulfide) groups is 1. The first-order chi connectivity index (χ1) is 5.33. The van der Waals surface area contributed by atoms with Gasteiger partial charge in [0.2, 0.25) is 0 Å². The lowest BCUT2D eigenvalue weighted by molar-refractivity contribution is 0.962. The maximum atomic E-state index is 8.47. The second-order valence-electron chi connectivity index (χ2n) is 1.92. The van der Waals surface area contributed by atoms with E-state index in [0.717, 1.165) is 0 Å². The van der Waals surface area contributed by atoms with Gasteiger partial charge in [-0.2, -0.15) is 5.26 Å². The van der Waals surface area contributed by atoms with Crippen LogP contribution in [0.15, 0.2) is 23.6 Å². The van der Waals surface area contributed by atoms with E-state index >= 15 is 0 Å². The standard InChI is InChI=1S/C7H7N3S/c1-6(5-8)11-7-9-3-2-4-10-7/h2-4,6H,1H3. The molecule has 0 saturated heterocycles. The summed E-state index contributed by atoms with van der Waals surface area (Å²) >= 11 is 1.36. The van der Waals surface area contributed by atoms with Crippen LogP contribution in [0.4, 0.5) is 0 Å². The molecule has 1 atom stereocenters. The summed E-state index contributed by atoms with van der Waals surface area (Å²) in [5.41, 5.74) is 0. The van der Waals surface area contributed by atoms with E-state index in [-0.39, 0.29) is 5.25 Å². The molecule has 0 bridgehead atoms. The average molecular weight is 165 g/mol. The second-order valence-corrected chi connectivity index (χ2v) is 3.23. The third kappa shape index (κ3) is 2.56. The third-order valence-electron chi connectivity index (χ3n) is 1.01. The predicted octanol–water partition coefficient (Wildman–Crippen LogP) is 1.48. The molecule has 0 saturated carbocycles. The lowest BCUT2D eigenvalue weighted by Gasteiger charge is -1.97. The molecule has 0 aliphatic carbocycles. The maximum Gasteiger partial charge on any atom is 0.188 e. The van der Waals surface area contributed by atoms with E-state index in [1.807, 2.05) is 6.92 Å². The maximum absolute atomic E-state index is 8.47. The highest BCUT2D eigenvalue weighted by atomic mass is 32.2. The average Bonchev–Trinajstić information content (AvgIpc) is 2.06. The number of hydrogen-bond acceptors (Lipinski definition) is 4. The quantitative estimate of drug-likeness (QED) is 0.492. The predicted molar refractivity (Wildman–Crippen MR) is 43.0 cm³/mol. The van der Waals surface area contributed by atoms with E-state index in [1.165, 1.54) is 11.8 Å². The van der Waals surface area contributed by atoms with E-state index in [0.29, 0.717) is 5.16 Å². The van der Waals surface area contributed by atoms with Gasteiger partial charge in [-0.3, -0.25) is 0 Å². The van der Waals surface area contributed by atoms with Gasteiger partial charge in [0.25, 0.3) is 0 Å². The lowest BCUT2D eigenvalue weighted by atomic mass is 10.5. The molecule has 1 rings (SSSR count). The van der Waals surface area contributed by atoms with E-state index < -0.39 is 0 Å². The molecule has 4 heteroatoms. The van der Waals surface area contributed by atoms with Crippen molar-refractivity contribution in [2.24, 2.45) is 0 Å². The van der Waals surface area contributed by atoms with Crippen LogP contribution >= 0.6 is 11.8 Å². The second kappa shape index (κ2) is 3.94. The molecular weight excluding hydrogens is 158 g/mol. The molecule has 0 aliphatic rings. The topological polar surface area (TPSA) is 49.6 Å². The van der Waals surface area contributed by atoms with Crippen molar-refractivity contribution >= 4 is 11.8 Å². The Labute approximate surface area is 69.5 Å². The molecule has 1 aromatic rings. The zero-order valence-corrected chi connectivity index (χ0v) is 6.88. The van der Waals surface area contributed by atoms with Crippen LogP contribution in [0, 0.1) is 11.3 Å². The summed E-state index contributed by atoms with van der Waals surface area (Å²) in [5.74, 6) is 0. The zero-order chi connectivity index (χ0) is 8.10. The molecule has 1 unspecified atom stereocenters. The Balaban J connectivity index is 2.60. The Morgan fingerprint density at radius 1 is 1.55 bits per heavy atom. The summed E-state index contributed by atoms with van der Waals surface area (Å²) in [6.07, 6.45) is 3.33. The van der Waals surface area contributed by atoms with Crippen LogP contribution in [-0.2, 0) is 0 Å². The summed E-state index contributed by atoms with van der Waals surface area (Å²) in [6.45, 7) is 1.82. The summed E-state index contributed by atoms with van der Waals surface area (Å²) in [6, 6.07) is 3.85. The monoisotopic (exact) mass is 165 g/mol. The molecule has 11 heavy (non-hydrogen) atoms. The van der Waals surface area contributed by atoms with Crippen molar-refractivity contribution in [3.63, 3.8) is 0 Å². The van der Waals surface area contributed by atoms with Gasteiger partial charge in [0.05, 0.1) is 11.3 Å². The molecule has 1 heterocycles. The Hall–Kier alpha value is -1.08. The molecule has 0 fully saturated rings. The van der Waals surface area contributed by atoms with E-state index in [2.05, 4.69) is 16.0 Å². The molecule has 1 aromatic heterocycles. The number of hydrogen-bond donors (Lipinski definition) is 0. The molecule has 0 amide bonds. The van der Waals surface area contributed by atoms with Crippen LogP contribution in [0.25, 0.3) is 0 Å². The highest BCUT2D eigenvalue weighted by Gasteiger charge is 2.02. The normalized spacial score (nSPS) is 12.0. The Morgan fingerprint density at radius 2 is 2.18 bits per heavy atom. The van der Waals surface area contributed by atoms with Crippen molar-refractivity contribution in [2.45, 2.75) is 17.3 Å². The van der Waals surface area contributed by atoms with Gasteiger partial charge in [-0.25, -0.2) is 9.97 Å². The summed E-state index contributed by atoms with van der Waals surface area (Å²) in [4.78, 5) is 7.93. The lowest BCUT2D eigenvalue weighted by Crippen LogP contribution is -1.92. The first-order valence-corrected chi connectivity index (χ1v) is 4.04. The SMILES string of the molecule is CC(C#N)Sc1ncccn1. The van der Waals surface area contributed by atoms with Crippen LogP contribution in [0.2, 0.25) is 0 Å². The minimum atomic E-state index is -0.0857. The molecule has 0 radical (unpaired) electrons. The van der Waals surface area contributed by atoms with Crippen LogP contribution in [0.1, 0.15) is 6.92 Å². The Bertz CT molecular complexity index is 254. The first-order valence-electron chi connectivity index (χ1n) is 3.16. The van der Waals surface area contributed by atoms with Crippen molar-refractivity contribution in [1.29, 1.82) is 5.26 Å². The fraction of sp³-hybridized carbons (Fsp3) is 0.286. The van der Waals surface area contributed by atoms with E-state index in [9.17, 15) is 0 Å². The first kappa shape index (κ1) is 8.02. The van der Waals surface area contributed by atoms with Crippen LogP contribution in [0.3, 0.4) is 0 Å². The van der Waals surface area contributed by atoms with Crippen LogP contribution in [-0.4, -0.2) is 15.2 Å². The van der Waals surface area contributed by atoms with Crippen molar-refractivity contribution in [2.75, 3.05) is 0 Å². The van der Waals surface area contributed by atoms with Gasteiger partial charge in [-0.05, 0) is 13.0 Å². The van der Waals surface area contributed by atoms with Crippen molar-refractivity contribution in [3.8, 4) is 6.07 Å². The Morgan fingerprint density at radius 3 is 2.73 bits per heavy atom. The van der Waals surface area contributed by atoms with Gasteiger partial charge in [0, 0.05) is 12.4 Å². The molecule has 0 aliphatic heterocycles. The van der Waals surface area contributed by atoms with Gasteiger partial charge in [0.1, 0.15) is 0 Å². The number of nitrogens with zero attached hydrogens (tertiary/aromatic N) is 3. The third-order valence-corrected chi connectivity index (χ3v) is 1.89. The highest BCUT2D eigenvalue weighted by molar-refractivity contribution is 7.99. The molecule has 0 aromatic carbocycles. The van der Waals surface area contributed by atoms with Gasteiger partial charge >= 0.3 is 0 Å². The van der Waals surface area contributed by atoms with Crippen LogP contribution in [0.5, 0.6) is 0 Å². The minimum absolute atomic E-state index is 0.0857. The summed E-state index contributed by atoms with van der Waals surface area (Å²) in [7, 11) is 0. The van der Waals surface area contributed by atoms with Gasteiger partial charge in [0.15, 0.2) is 5.16 Å². The van der Waals surface area contributed by atoms with Crippen molar-refractivity contribution in [3.05, 3.63) is 18.5 Å². The fourth-order valence-corrected chi connectivity index (χ4v) is 1.14. The van der Waals surface area contributed by atoms with E-state index in [1.54, 1.807) is 18.5 Å².